The van der Waals surface area contributed by atoms with Gasteiger partial charge in [-0.05, 0) is 75.8 Å². The first-order valence-electron chi connectivity index (χ1n) is 21.0. The molecule has 0 radical (unpaired) electrons. The molecular weight excluding hydrogens is 793 g/mol. The Morgan fingerprint density at radius 1 is 0.619 bits per heavy atom. The van der Waals surface area contributed by atoms with Crippen LogP contribution in [0.3, 0.4) is 0 Å². The van der Waals surface area contributed by atoms with Crippen molar-refractivity contribution in [3.63, 3.8) is 0 Å². The number of aliphatic hydroxyl groups is 1. The predicted octanol–water partition coefficient (Wildman–Crippen LogP) is 7.92. The molecule has 3 N–H and O–H groups in total. The van der Waals surface area contributed by atoms with Crippen molar-refractivity contribution in [2.45, 2.75) is 36.0 Å². The first-order chi connectivity index (χ1) is 30.9. The summed E-state index contributed by atoms with van der Waals surface area (Å²) in [6, 6.07) is 56.0. The van der Waals surface area contributed by atoms with Gasteiger partial charge in [0.05, 0.1) is 39.6 Å². The second kappa shape index (κ2) is 19.5. The summed E-state index contributed by atoms with van der Waals surface area (Å²) < 4.78 is 31.3. The number of hydrogen-bond donors (Lipinski definition) is 3. The molecule has 0 saturated carbocycles. The second-order valence-corrected chi connectivity index (χ2v) is 15.3. The van der Waals surface area contributed by atoms with Gasteiger partial charge in [-0.25, -0.2) is 4.79 Å². The topological polar surface area (TPSA) is 125 Å². The van der Waals surface area contributed by atoms with E-state index in [0.717, 1.165) is 39.1 Å². The van der Waals surface area contributed by atoms with Crippen molar-refractivity contribution in [3.05, 3.63) is 220 Å². The number of aliphatic hydroxyl groups excluding tert-OH is 1. The van der Waals surface area contributed by atoms with E-state index >= 15 is 0 Å². The summed E-state index contributed by atoms with van der Waals surface area (Å²) in [5.41, 5.74) is 3.53. The Labute approximate surface area is 367 Å². The lowest BCUT2D eigenvalue weighted by atomic mass is 9.77. The summed E-state index contributed by atoms with van der Waals surface area (Å²) in [4.78, 5) is 18.0. The molecule has 1 aliphatic heterocycles. The number of hydrogen-bond acceptors (Lipinski definition) is 10. The molecule has 8 rings (SSSR count). The second-order valence-electron chi connectivity index (χ2n) is 15.3. The molecule has 1 fully saturated rings. The lowest BCUT2D eigenvalue weighted by molar-refractivity contribution is -0.0944. The van der Waals surface area contributed by atoms with Crippen LogP contribution in [-0.4, -0.2) is 67.9 Å². The normalized spacial score (nSPS) is 16.3. The van der Waals surface area contributed by atoms with Gasteiger partial charge < -0.3 is 34.1 Å². The van der Waals surface area contributed by atoms with Gasteiger partial charge in [0.25, 0.3) is 0 Å². The van der Waals surface area contributed by atoms with Crippen molar-refractivity contribution in [1.29, 1.82) is 0 Å². The summed E-state index contributed by atoms with van der Waals surface area (Å²) in [6.45, 7) is 1.01. The highest BCUT2D eigenvalue weighted by Crippen LogP contribution is 2.43. The van der Waals surface area contributed by atoms with Gasteiger partial charge in [0.2, 0.25) is 0 Å². The summed E-state index contributed by atoms with van der Waals surface area (Å²) in [6.07, 6.45) is -0.567. The van der Waals surface area contributed by atoms with Crippen molar-refractivity contribution in [3.8, 4) is 17.2 Å². The quantitative estimate of drug-likeness (QED) is 0.0580. The van der Waals surface area contributed by atoms with Crippen molar-refractivity contribution >= 4 is 5.82 Å². The molecular formula is C52H52N4O7. The van der Waals surface area contributed by atoms with E-state index in [2.05, 4.69) is 52.0 Å². The lowest BCUT2D eigenvalue weighted by Crippen LogP contribution is -2.46. The van der Waals surface area contributed by atoms with Crippen molar-refractivity contribution < 1.29 is 28.8 Å². The molecule has 0 amide bonds. The molecule has 11 heteroatoms. The number of benzene rings is 6. The van der Waals surface area contributed by atoms with Crippen LogP contribution >= 0.6 is 0 Å². The minimum absolute atomic E-state index is 0.0173. The minimum Gasteiger partial charge on any atom is -0.497 e. The maximum Gasteiger partial charge on any atom is 0.351 e. The number of rotatable bonds is 18. The van der Waals surface area contributed by atoms with Crippen LogP contribution in [0.2, 0.25) is 0 Å². The van der Waals surface area contributed by atoms with Crippen LogP contribution in [0.1, 0.15) is 46.0 Å². The highest BCUT2D eigenvalue weighted by atomic mass is 16.6. The van der Waals surface area contributed by atoms with Crippen LogP contribution in [0, 0.1) is 0 Å². The van der Waals surface area contributed by atoms with Crippen molar-refractivity contribution in [1.82, 2.24) is 14.9 Å². The third kappa shape index (κ3) is 8.95. The molecule has 0 bridgehead atoms. The Bertz CT molecular complexity index is 2490. The number of methoxy groups -OCH3 is 3. The molecule has 7 aromatic rings. The summed E-state index contributed by atoms with van der Waals surface area (Å²) >= 11 is 0. The van der Waals surface area contributed by atoms with Crippen LogP contribution in [0.25, 0.3) is 0 Å². The minimum atomic E-state index is -1.10. The van der Waals surface area contributed by atoms with Crippen LogP contribution in [-0.2, 0) is 20.6 Å². The molecule has 0 aliphatic carbocycles. The maximum absolute atomic E-state index is 13.6. The highest BCUT2D eigenvalue weighted by Gasteiger charge is 2.42. The number of ether oxygens (including phenoxy) is 5. The first kappa shape index (κ1) is 42.9. The zero-order chi connectivity index (χ0) is 43.7. The van der Waals surface area contributed by atoms with Gasteiger partial charge in [-0.1, -0.05) is 127 Å². The zero-order valence-corrected chi connectivity index (χ0v) is 35.6. The van der Waals surface area contributed by atoms with Crippen molar-refractivity contribution in [2.24, 2.45) is 0 Å². The van der Waals surface area contributed by atoms with E-state index in [0.29, 0.717) is 30.4 Å². The van der Waals surface area contributed by atoms with Gasteiger partial charge in [0.1, 0.15) is 41.0 Å². The Morgan fingerprint density at radius 2 is 1.06 bits per heavy atom. The standard InChI is InChI=1S/C52H52N4O7/c1-59-43-25-19-39(20-26-43)51(37-13-7-4-8-14-37,38-15-9-5-10-16-38)54-33-32-53-48-31-34-56(50(58)55-48)49-35-46(57)47(63-49)36-62-52(40-17-11-6-12-18-40,41-21-27-44(60-2)28-22-41)42-23-29-45(61-3)30-24-42/h4-31,34,46-47,49,54,57H,32-33,35-36H2,1-3H3,(H,53,55,58)/t46-,47+,49+/m0/s1. The summed E-state index contributed by atoms with van der Waals surface area (Å²) in [5, 5.41) is 18.6. The van der Waals surface area contributed by atoms with Crippen molar-refractivity contribution in [2.75, 3.05) is 46.3 Å². The number of nitrogens with one attached hydrogen (secondary N) is 2. The van der Waals surface area contributed by atoms with E-state index in [4.69, 9.17) is 23.7 Å². The Balaban J connectivity index is 0.983. The number of aromatic nitrogens is 2. The fourth-order valence-electron chi connectivity index (χ4n) is 8.51. The molecule has 6 aromatic carbocycles. The third-order valence-corrected chi connectivity index (χ3v) is 11.7. The zero-order valence-electron chi connectivity index (χ0n) is 35.6. The predicted molar refractivity (Wildman–Crippen MR) is 244 cm³/mol. The van der Waals surface area contributed by atoms with Crippen LogP contribution in [0.15, 0.2) is 181 Å². The van der Waals surface area contributed by atoms with Crippen LogP contribution in [0.4, 0.5) is 5.82 Å². The van der Waals surface area contributed by atoms with Gasteiger partial charge >= 0.3 is 5.69 Å². The molecule has 1 aromatic heterocycles. The Kier molecular flexibility index (Phi) is 13.3. The fraction of sp³-hybridized carbons (Fsp3) is 0.231. The van der Waals surface area contributed by atoms with Crippen LogP contribution < -0.4 is 30.5 Å². The van der Waals surface area contributed by atoms with Gasteiger partial charge in [-0.3, -0.25) is 9.88 Å². The van der Waals surface area contributed by atoms with Gasteiger partial charge in [0, 0.05) is 25.7 Å². The van der Waals surface area contributed by atoms with E-state index in [9.17, 15) is 9.90 Å². The Morgan fingerprint density at radius 3 is 1.54 bits per heavy atom. The molecule has 0 spiro atoms. The molecule has 322 valence electrons. The van der Waals surface area contributed by atoms with E-state index < -0.39 is 35.3 Å². The molecule has 3 atom stereocenters. The lowest BCUT2D eigenvalue weighted by Gasteiger charge is -2.37. The smallest absolute Gasteiger partial charge is 0.351 e. The maximum atomic E-state index is 13.6. The monoisotopic (exact) mass is 844 g/mol. The van der Waals surface area contributed by atoms with Gasteiger partial charge in [0.15, 0.2) is 0 Å². The summed E-state index contributed by atoms with van der Waals surface area (Å²) in [5.74, 6) is 2.63. The largest absolute Gasteiger partial charge is 0.497 e. The van der Waals surface area contributed by atoms with Crippen LogP contribution in [0.5, 0.6) is 17.2 Å². The Hall–Kier alpha value is -6.76. The molecule has 1 aliphatic rings. The van der Waals surface area contributed by atoms with E-state index in [1.807, 2.05) is 127 Å². The number of anilines is 1. The molecule has 63 heavy (non-hydrogen) atoms. The number of nitrogens with zero attached hydrogens (tertiary/aromatic N) is 2. The third-order valence-electron chi connectivity index (χ3n) is 11.7. The molecule has 2 heterocycles. The average molecular weight is 845 g/mol. The average Bonchev–Trinajstić information content (AvgIpc) is 3.72. The van der Waals surface area contributed by atoms with E-state index in [1.54, 1.807) is 33.6 Å². The first-order valence-corrected chi connectivity index (χ1v) is 21.0. The van der Waals surface area contributed by atoms with Gasteiger partial charge in [-0.15, -0.1) is 0 Å². The molecule has 1 saturated heterocycles. The van der Waals surface area contributed by atoms with Gasteiger partial charge in [-0.2, -0.15) is 4.98 Å². The molecule has 11 nitrogen and oxygen atoms in total. The summed E-state index contributed by atoms with van der Waals surface area (Å²) in [7, 11) is 4.92. The highest BCUT2D eigenvalue weighted by molar-refractivity contribution is 5.52. The van der Waals surface area contributed by atoms with E-state index in [1.165, 1.54) is 4.57 Å². The SMILES string of the molecule is COc1ccc(C(NCCNc2ccn([C@H]3C[C@H](O)[C@@H](COC(c4ccccc4)(c4ccc(OC)cc4)c4ccc(OC)cc4)O3)c(=O)n2)(c2ccccc2)c2ccccc2)cc1. The van der Waals surface area contributed by atoms with E-state index in [-0.39, 0.29) is 13.0 Å². The fourth-order valence-corrected chi connectivity index (χ4v) is 8.51. The molecule has 0 unspecified atom stereocenters.